The highest BCUT2D eigenvalue weighted by molar-refractivity contribution is 7.20. The predicted octanol–water partition coefficient (Wildman–Crippen LogP) is 6.81. The standard InChI is InChI=1S/C30H27F5N6O6S/c1-4-46-29(43)40(15-19-21(31)6-5-7-22(19)32)28-25(27(42)36-23-12-13-24(38-37-23)47-16-30(33,34)35)20(14-39(2)3)26(48-28)17-8-10-18(11-9-17)41(44)45/h5-13H,4,14-16H2,1-3H3,(H,36,37,42). The van der Waals surface area contributed by atoms with Crippen LogP contribution in [0.5, 0.6) is 5.88 Å². The van der Waals surface area contributed by atoms with Gasteiger partial charge in [-0.05, 0) is 62.5 Å². The summed E-state index contributed by atoms with van der Waals surface area (Å²) in [5.41, 5.74) is -0.0721. The number of hydrogen-bond donors (Lipinski definition) is 1. The van der Waals surface area contributed by atoms with Crippen LogP contribution in [0.4, 0.5) is 43.3 Å². The highest BCUT2D eigenvalue weighted by Crippen LogP contribution is 2.44. The number of hydrogen-bond acceptors (Lipinski definition) is 10. The molecule has 0 saturated heterocycles. The van der Waals surface area contributed by atoms with Crippen molar-refractivity contribution in [2.75, 3.05) is 37.5 Å². The first-order valence-corrected chi connectivity index (χ1v) is 14.8. The van der Waals surface area contributed by atoms with Crippen LogP contribution in [0.3, 0.4) is 0 Å². The molecule has 12 nitrogen and oxygen atoms in total. The van der Waals surface area contributed by atoms with Gasteiger partial charge in [0.15, 0.2) is 12.4 Å². The Morgan fingerprint density at radius 3 is 2.19 bits per heavy atom. The SMILES string of the molecule is CCOC(=O)N(Cc1c(F)cccc1F)c1sc(-c2ccc([N+](=O)[O-])cc2)c(CN(C)C)c1C(=O)Nc1ccc(OCC(F)(F)F)nn1. The number of rotatable bonds is 12. The molecule has 48 heavy (non-hydrogen) atoms. The van der Waals surface area contributed by atoms with E-state index in [1.165, 1.54) is 31.2 Å². The topological polar surface area (TPSA) is 140 Å². The van der Waals surface area contributed by atoms with Crippen molar-refractivity contribution in [3.05, 3.63) is 93.0 Å². The molecule has 2 aromatic carbocycles. The van der Waals surface area contributed by atoms with Gasteiger partial charge in [0.25, 0.3) is 11.6 Å². The van der Waals surface area contributed by atoms with E-state index < -0.39 is 59.3 Å². The number of halogens is 5. The van der Waals surface area contributed by atoms with Crippen molar-refractivity contribution in [1.82, 2.24) is 15.1 Å². The van der Waals surface area contributed by atoms with Crippen molar-refractivity contribution in [2.24, 2.45) is 0 Å². The van der Waals surface area contributed by atoms with E-state index >= 15 is 0 Å². The number of non-ortho nitro benzene ring substituents is 1. The van der Waals surface area contributed by atoms with Gasteiger partial charge in [0.2, 0.25) is 5.88 Å². The number of carbonyl (C=O) groups is 2. The first-order chi connectivity index (χ1) is 22.7. The average Bonchev–Trinajstić information content (AvgIpc) is 3.38. The third kappa shape index (κ3) is 8.77. The van der Waals surface area contributed by atoms with Gasteiger partial charge in [-0.25, -0.2) is 13.6 Å². The molecule has 0 aliphatic rings. The lowest BCUT2D eigenvalue weighted by Gasteiger charge is -2.23. The van der Waals surface area contributed by atoms with Gasteiger partial charge in [-0.3, -0.25) is 19.8 Å². The monoisotopic (exact) mass is 694 g/mol. The van der Waals surface area contributed by atoms with E-state index in [2.05, 4.69) is 20.3 Å². The van der Waals surface area contributed by atoms with Crippen molar-refractivity contribution < 1.29 is 45.9 Å². The van der Waals surface area contributed by atoms with E-state index in [0.717, 1.165) is 46.6 Å². The fourth-order valence-electron chi connectivity index (χ4n) is 4.37. The number of nitro benzene ring substituents is 1. The zero-order valence-corrected chi connectivity index (χ0v) is 26.3. The molecule has 254 valence electrons. The van der Waals surface area contributed by atoms with Gasteiger partial charge in [0, 0.05) is 35.2 Å². The number of nitro groups is 1. The van der Waals surface area contributed by atoms with Crippen LogP contribution in [0.1, 0.15) is 28.4 Å². The molecule has 4 rings (SSSR count). The molecule has 0 atom stereocenters. The van der Waals surface area contributed by atoms with Gasteiger partial charge in [0.05, 0.1) is 23.6 Å². The molecule has 18 heteroatoms. The molecule has 2 amide bonds. The van der Waals surface area contributed by atoms with Gasteiger partial charge in [0.1, 0.15) is 16.6 Å². The van der Waals surface area contributed by atoms with E-state index in [4.69, 9.17) is 4.74 Å². The fourth-order valence-corrected chi connectivity index (χ4v) is 5.68. The van der Waals surface area contributed by atoms with Gasteiger partial charge >= 0.3 is 12.3 Å². The Morgan fingerprint density at radius 2 is 1.65 bits per heavy atom. The second-order valence-electron chi connectivity index (χ2n) is 10.2. The number of alkyl halides is 3. The van der Waals surface area contributed by atoms with Gasteiger partial charge < -0.3 is 19.7 Å². The number of amides is 2. The molecule has 0 aliphatic carbocycles. The van der Waals surface area contributed by atoms with Crippen LogP contribution in [0, 0.1) is 21.7 Å². The van der Waals surface area contributed by atoms with Crippen molar-refractivity contribution in [1.29, 1.82) is 0 Å². The van der Waals surface area contributed by atoms with Crippen LogP contribution in [0.25, 0.3) is 10.4 Å². The molecule has 2 aromatic heterocycles. The van der Waals surface area contributed by atoms with Crippen molar-refractivity contribution >= 4 is 39.8 Å². The Balaban J connectivity index is 1.88. The molecule has 4 aromatic rings. The first kappa shape index (κ1) is 35.6. The molecule has 0 bridgehead atoms. The summed E-state index contributed by atoms with van der Waals surface area (Å²) in [6.07, 6.45) is -5.65. The highest BCUT2D eigenvalue weighted by Gasteiger charge is 2.33. The molecule has 0 radical (unpaired) electrons. The second kappa shape index (κ2) is 15.1. The maximum atomic E-state index is 14.9. The summed E-state index contributed by atoms with van der Waals surface area (Å²) in [5, 5.41) is 21.0. The number of anilines is 2. The number of aromatic nitrogens is 2. The Bertz CT molecular complexity index is 1760. The number of benzene rings is 2. The minimum absolute atomic E-state index is 0.0756. The zero-order valence-electron chi connectivity index (χ0n) is 25.5. The van der Waals surface area contributed by atoms with Crippen LogP contribution >= 0.6 is 11.3 Å². The molecule has 2 heterocycles. The summed E-state index contributed by atoms with van der Waals surface area (Å²) in [6, 6.07) is 10.8. The lowest BCUT2D eigenvalue weighted by molar-refractivity contribution is -0.384. The second-order valence-corrected chi connectivity index (χ2v) is 11.2. The number of nitrogens with zero attached hydrogens (tertiary/aromatic N) is 5. The minimum atomic E-state index is -4.62. The average molecular weight is 695 g/mol. The lowest BCUT2D eigenvalue weighted by atomic mass is 10.0. The van der Waals surface area contributed by atoms with Gasteiger partial charge in [-0.1, -0.05) is 6.07 Å². The number of thiophene rings is 1. The molecule has 1 N–H and O–H groups in total. The Kier molecular flexibility index (Phi) is 11.2. The van der Waals surface area contributed by atoms with E-state index in [1.807, 2.05) is 0 Å². The minimum Gasteiger partial charge on any atom is -0.467 e. The summed E-state index contributed by atoms with van der Waals surface area (Å²) < 4.78 is 77.1. The summed E-state index contributed by atoms with van der Waals surface area (Å²) >= 11 is 0.899. The van der Waals surface area contributed by atoms with Crippen molar-refractivity contribution in [2.45, 2.75) is 26.2 Å². The number of ether oxygens (including phenoxy) is 2. The fraction of sp³-hybridized carbons (Fsp3) is 0.267. The summed E-state index contributed by atoms with van der Waals surface area (Å²) in [4.78, 5) is 41.2. The molecular formula is C30H27F5N6O6S. The number of carbonyl (C=O) groups excluding carboxylic acids is 2. The number of nitrogens with one attached hydrogen (secondary N) is 1. The summed E-state index contributed by atoms with van der Waals surface area (Å²) in [7, 11) is 3.39. The van der Waals surface area contributed by atoms with Gasteiger partial charge in [-0.15, -0.1) is 21.5 Å². The molecular weight excluding hydrogens is 667 g/mol. The van der Waals surface area contributed by atoms with Crippen LogP contribution in [-0.2, 0) is 17.8 Å². The Morgan fingerprint density at radius 1 is 0.979 bits per heavy atom. The third-order valence-electron chi connectivity index (χ3n) is 6.41. The lowest BCUT2D eigenvalue weighted by Crippen LogP contribution is -2.33. The van der Waals surface area contributed by atoms with Crippen LogP contribution in [-0.4, -0.2) is 65.5 Å². The van der Waals surface area contributed by atoms with Crippen LogP contribution in [0.2, 0.25) is 0 Å². The maximum absolute atomic E-state index is 14.9. The first-order valence-electron chi connectivity index (χ1n) is 14.0. The van der Waals surface area contributed by atoms with Crippen LogP contribution < -0.4 is 15.0 Å². The predicted molar refractivity (Wildman–Crippen MR) is 165 cm³/mol. The summed E-state index contributed by atoms with van der Waals surface area (Å²) in [6.45, 7) is -0.837. The zero-order chi connectivity index (χ0) is 35.2. The quantitative estimate of drug-likeness (QED) is 0.0962. The molecule has 0 saturated carbocycles. The Hall–Kier alpha value is -5.23. The molecule has 0 spiro atoms. The molecule has 0 aliphatic heterocycles. The molecule has 0 unspecified atom stereocenters. The highest BCUT2D eigenvalue weighted by atomic mass is 32.1. The van der Waals surface area contributed by atoms with Crippen LogP contribution in [0.15, 0.2) is 54.6 Å². The van der Waals surface area contributed by atoms with Gasteiger partial charge in [-0.2, -0.15) is 13.2 Å². The van der Waals surface area contributed by atoms with Crippen molar-refractivity contribution in [3.8, 4) is 16.3 Å². The van der Waals surface area contributed by atoms with Crippen molar-refractivity contribution in [3.63, 3.8) is 0 Å². The normalized spacial score (nSPS) is 11.4. The van der Waals surface area contributed by atoms with E-state index in [0.29, 0.717) is 16.0 Å². The van der Waals surface area contributed by atoms with E-state index in [1.54, 1.807) is 19.0 Å². The Labute approximate surface area is 273 Å². The molecule has 0 fully saturated rings. The van der Waals surface area contributed by atoms with E-state index in [-0.39, 0.29) is 35.2 Å². The van der Waals surface area contributed by atoms with E-state index in [9.17, 15) is 41.7 Å². The summed E-state index contributed by atoms with van der Waals surface area (Å²) in [5.74, 6) is -3.45. The largest absolute Gasteiger partial charge is 0.467 e. The third-order valence-corrected chi connectivity index (χ3v) is 7.71. The smallest absolute Gasteiger partial charge is 0.422 e. The maximum Gasteiger partial charge on any atom is 0.422 e.